The average molecular weight is 322 g/mol. The molecule has 0 bridgehead atoms. The molecule has 1 saturated heterocycles. The molecule has 1 amide bonds. The van der Waals surface area contributed by atoms with Gasteiger partial charge in [0.25, 0.3) is 11.8 Å². The minimum atomic E-state index is -0.183. The number of rotatable bonds is 3. The average Bonchev–Trinajstić information content (AvgIpc) is 2.62. The first kappa shape index (κ1) is 15.9. The predicted octanol–water partition coefficient (Wildman–Crippen LogP) is 2.34. The van der Waals surface area contributed by atoms with E-state index in [-0.39, 0.29) is 23.6 Å². The molecular weight excluding hydrogens is 304 g/mol. The lowest BCUT2D eigenvalue weighted by atomic mass is 10.1. The number of benzene rings is 1. The number of hydrogen-bond donors (Lipinski definition) is 0. The lowest BCUT2D eigenvalue weighted by Crippen LogP contribution is -2.44. The molecule has 2 aromatic rings. The fourth-order valence-electron chi connectivity index (χ4n) is 2.74. The van der Waals surface area contributed by atoms with Crippen molar-refractivity contribution in [2.24, 2.45) is 0 Å². The summed E-state index contributed by atoms with van der Waals surface area (Å²) in [6.07, 6.45) is 4.44. The monoisotopic (exact) mass is 322 g/mol. The van der Waals surface area contributed by atoms with Crippen LogP contribution in [0.15, 0.2) is 36.7 Å². The van der Waals surface area contributed by atoms with Crippen molar-refractivity contribution in [3.63, 3.8) is 0 Å². The minimum absolute atomic E-state index is 0.00273. The van der Waals surface area contributed by atoms with Gasteiger partial charge in [-0.1, -0.05) is 17.7 Å². The summed E-state index contributed by atoms with van der Waals surface area (Å²) in [6, 6.07) is 9.53. The van der Waals surface area contributed by atoms with Gasteiger partial charge in [-0.3, -0.25) is 4.79 Å². The van der Waals surface area contributed by atoms with E-state index in [0.29, 0.717) is 18.7 Å². The van der Waals surface area contributed by atoms with Crippen LogP contribution in [0, 0.1) is 18.3 Å². The molecule has 1 aliphatic rings. The molecule has 2 heterocycles. The third kappa shape index (κ3) is 3.51. The normalized spacial score (nSPS) is 17.2. The molecular formula is C18H18N4O2. The first-order valence-electron chi connectivity index (χ1n) is 7.91. The van der Waals surface area contributed by atoms with Crippen LogP contribution in [0.5, 0.6) is 5.88 Å². The van der Waals surface area contributed by atoms with Crippen LogP contribution in [0.4, 0.5) is 0 Å². The van der Waals surface area contributed by atoms with Crippen LogP contribution in [-0.4, -0.2) is 40.0 Å². The summed E-state index contributed by atoms with van der Waals surface area (Å²) in [5, 5.41) is 9.06. The van der Waals surface area contributed by atoms with Gasteiger partial charge in [0.05, 0.1) is 6.54 Å². The SMILES string of the molecule is Cc1ccc(C(=O)N2CCCC(Oc3nccnc3C#N)C2)cc1. The Kier molecular flexibility index (Phi) is 4.71. The number of nitriles is 1. The van der Waals surface area contributed by atoms with Crippen molar-refractivity contribution in [3.05, 3.63) is 53.5 Å². The molecule has 3 rings (SSSR count). The lowest BCUT2D eigenvalue weighted by molar-refractivity contribution is 0.0526. The highest BCUT2D eigenvalue weighted by Crippen LogP contribution is 2.20. The van der Waals surface area contributed by atoms with E-state index in [1.807, 2.05) is 37.3 Å². The highest BCUT2D eigenvalue weighted by Gasteiger charge is 2.26. The van der Waals surface area contributed by atoms with Crippen LogP contribution in [0.25, 0.3) is 0 Å². The van der Waals surface area contributed by atoms with Crippen molar-refractivity contribution in [1.82, 2.24) is 14.9 Å². The van der Waals surface area contributed by atoms with Gasteiger partial charge >= 0.3 is 0 Å². The summed E-state index contributed by atoms with van der Waals surface area (Å²) >= 11 is 0. The predicted molar refractivity (Wildman–Crippen MR) is 87.5 cm³/mol. The highest BCUT2D eigenvalue weighted by molar-refractivity contribution is 5.94. The van der Waals surface area contributed by atoms with Gasteiger partial charge in [0.1, 0.15) is 12.2 Å². The van der Waals surface area contributed by atoms with E-state index in [1.54, 1.807) is 4.90 Å². The second-order valence-corrected chi connectivity index (χ2v) is 5.82. The second kappa shape index (κ2) is 7.09. The number of likely N-dealkylation sites (tertiary alicyclic amines) is 1. The number of carbonyl (C=O) groups is 1. The Morgan fingerprint density at radius 3 is 2.79 bits per heavy atom. The fourth-order valence-corrected chi connectivity index (χ4v) is 2.74. The zero-order chi connectivity index (χ0) is 16.9. The van der Waals surface area contributed by atoms with Gasteiger partial charge in [-0.15, -0.1) is 0 Å². The Morgan fingerprint density at radius 1 is 1.29 bits per heavy atom. The number of carbonyl (C=O) groups excluding carboxylic acids is 1. The Hall–Kier alpha value is -2.94. The third-order valence-corrected chi connectivity index (χ3v) is 4.01. The van der Waals surface area contributed by atoms with Crippen molar-refractivity contribution in [3.8, 4) is 11.9 Å². The van der Waals surface area contributed by atoms with Gasteiger partial charge in [-0.05, 0) is 31.9 Å². The van der Waals surface area contributed by atoms with Gasteiger partial charge < -0.3 is 9.64 Å². The van der Waals surface area contributed by atoms with Crippen LogP contribution in [0.2, 0.25) is 0 Å². The van der Waals surface area contributed by atoms with Crippen molar-refractivity contribution in [1.29, 1.82) is 5.26 Å². The summed E-state index contributed by atoms with van der Waals surface area (Å²) in [4.78, 5) is 22.4. The van der Waals surface area contributed by atoms with Crippen molar-refractivity contribution in [2.45, 2.75) is 25.9 Å². The topological polar surface area (TPSA) is 79.1 Å². The van der Waals surface area contributed by atoms with Gasteiger partial charge in [-0.25, -0.2) is 9.97 Å². The van der Waals surface area contributed by atoms with Gasteiger partial charge in [0.2, 0.25) is 5.69 Å². The van der Waals surface area contributed by atoms with Gasteiger partial charge in [0.15, 0.2) is 0 Å². The first-order chi connectivity index (χ1) is 11.7. The van der Waals surface area contributed by atoms with E-state index >= 15 is 0 Å². The van der Waals surface area contributed by atoms with Crippen LogP contribution in [0.1, 0.15) is 34.5 Å². The number of aromatic nitrogens is 2. The van der Waals surface area contributed by atoms with E-state index in [9.17, 15) is 4.79 Å². The smallest absolute Gasteiger partial charge is 0.253 e. The van der Waals surface area contributed by atoms with Crippen molar-refractivity contribution in [2.75, 3.05) is 13.1 Å². The molecule has 24 heavy (non-hydrogen) atoms. The lowest BCUT2D eigenvalue weighted by Gasteiger charge is -2.32. The van der Waals surface area contributed by atoms with Gasteiger partial charge in [0, 0.05) is 24.5 Å². The van der Waals surface area contributed by atoms with Crippen molar-refractivity contribution >= 4 is 5.91 Å². The van der Waals surface area contributed by atoms with Crippen LogP contribution in [0.3, 0.4) is 0 Å². The molecule has 0 saturated carbocycles. The summed E-state index contributed by atoms with van der Waals surface area (Å²) in [5.41, 5.74) is 1.97. The van der Waals surface area contributed by atoms with E-state index in [1.165, 1.54) is 12.4 Å². The Labute approximate surface area is 140 Å². The number of piperidine rings is 1. The quantitative estimate of drug-likeness (QED) is 0.866. The summed E-state index contributed by atoms with van der Waals surface area (Å²) in [5.74, 6) is 0.234. The number of aryl methyl sites for hydroxylation is 1. The van der Waals surface area contributed by atoms with Crippen molar-refractivity contribution < 1.29 is 9.53 Å². The first-order valence-corrected chi connectivity index (χ1v) is 7.91. The van der Waals surface area contributed by atoms with E-state index in [2.05, 4.69) is 9.97 Å². The second-order valence-electron chi connectivity index (χ2n) is 5.82. The largest absolute Gasteiger partial charge is 0.470 e. The van der Waals surface area contributed by atoms with E-state index in [0.717, 1.165) is 18.4 Å². The number of nitrogens with zero attached hydrogens (tertiary/aromatic N) is 4. The maximum Gasteiger partial charge on any atom is 0.253 e. The summed E-state index contributed by atoms with van der Waals surface area (Å²) in [6.45, 7) is 3.18. The molecule has 6 heteroatoms. The molecule has 1 fully saturated rings. The Bertz CT molecular complexity index is 767. The van der Waals surface area contributed by atoms with E-state index in [4.69, 9.17) is 10.00 Å². The summed E-state index contributed by atoms with van der Waals surface area (Å²) in [7, 11) is 0. The van der Waals surface area contributed by atoms with Crippen LogP contribution >= 0.6 is 0 Å². The molecule has 1 aliphatic heterocycles. The molecule has 0 aliphatic carbocycles. The van der Waals surface area contributed by atoms with E-state index < -0.39 is 0 Å². The minimum Gasteiger partial charge on any atom is -0.470 e. The molecule has 1 aromatic heterocycles. The number of hydrogen-bond acceptors (Lipinski definition) is 5. The maximum atomic E-state index is 12.6. The Balaban J connectivity index is 1.69. The molecule has 1 unspecified atom stereocenters. The summed E-state index contributed by atoms with van der Waals surface area (Å²) < 4.78 is 5.82. The molecule has 1 atom stereocenters. The molecule has 6 nitrogen and oxygen atoms in total. The molecule has 1 aromatic carbocycles. The van der Waals surface area contributed by atoms with Gasteiger partial charge in [-0.2, -0.15) is 5.26 Å². The molecule has 122 valence electrons. The Morgan fingerprint density at radius 2 is 2.04 bits per heavy atom. The fraction of sp³-hybridized carbons (Fsp3) is 0.333. The zero-order valence-electron chi connectivity index (χ0n) is 13.5. The molecule has 0 spiro atoms. The maximum absolute atomic E-state index is 12.6. The standard InChI is InChI=1S/C18H18N4O2/c1-13-4-6-14(7-5-13)18(23)22-10-2-3-15(12-22)24-17-16(11-19)20-8-9-21-17/h4-9,15H,2-3,10,12H2,1H3. The molecule has 0 N–H and O–H groups in total. The number of ether oxygens (including phenoxy) is 1. The highest BCUT2D eigenvalue weighted by atomic mass is 16.5. The zero-order valence-corrected chi connectivity index (χ0v) is 13.5. The molecule has 0 radical (unpaired) electrons. The van der Waals surface area contributed by atoms with Crippen LogP contribution < -0.4 is 4.74 Å². The third-order valence-electron chi connectivity index (χ3n) is 4.01. The van der Waals surface area contributed by atoms with Crippen LogP contribution in [-0.2, 0) is 0 Å². The number of amides is 1.